The van der Waals surface area contributed by atoms with Gasteiger partial charge in [0, 0.05) is 9.52 Å². The van der Waals surface area contributed by atoms with Gasteiger partial charge in [0.15, 0.2) is 0 Å². The van der Waals surface area contributed by atoms with Crippen molar-refractivity contribution >= 4 is 18.5 Å². The van der Waals surface area contributed by atoms with E-state index in [1.165, 1.54) is 0 Å². The summed E-state index contributed by atoms with van der Waals surface area (Å²) in [6, 6.07) is 1.37. The molecule has 0 spiro atoms. The van der Waals surface area contributed by atoms with E-state index in [0.717, 1.165) is 9.52 Å². The zero-order valence-electron chi connectivity index (χ0n) is 11.1. The van der Waals surface area contributed by atoms with Crippen molar-refractivity contribution in [3.8, 4) is 0 Å². The molecule has 0 aromatic heterocycles. The molecule has 3 heteroatoms. The van der Waals surface area contributed by atoms with Crippen molar-refractivity contribution in [3.63, 3.8) is 0 Å². The van der Waals surface area contributed by atoms with Gasteiger partial charge in [-0.25, -0.2) is 0 Å². The summed E-state index contributed by atoms with van der Waals surface area (Å²) in [5.41, 5.74) is 0. The summed E-state index contributed by atoms with van der Waals surface area (Å²) in [5.74, 6) is 0. The first-order valence-electron chi connectivity index (χ1n) is 5.55. The fourth-order valence-electron chi connectivity index (χ4n) is 1.87. The Bertz CT molecular complexity index is 159. The van der Waals surface area contributed by atoms with E-state index in [2.05, 4.69) is 59.2 Å². The van der Waals surface area contributed by atoms with Crippen LogP contribution in [0.2, 0.25) is 17.8 Å². The molecule has 0 aliphatic rings. The number of nitrogens with zero attached hydrogens (tertiary/aromatic N) is 1. The normalized spacial score (nSPS) is 13.7. The van der Waals surface area contributed by atoms with Crippen LogP contribution in [0.25, 0.3) is 0 Å². The first kappa shape index (κ1) is 14.4. The molecule has 1 nitrogen and oxygen atoms in total. The lowest BCUT2D eigenvalue weighted by Gasteiger charge is -2.42. The number of hydrogen-bond donors (Lipinski definition) is 0. The third-order valence-electron chi connectivity index (χ3n) is 3.03. The van der Waals surface area contributed by atoms with E-state index in [4.69, 9.17) is 0 Å². The third kappa shape index (κ3) is 3.52. The molecule has 0 unspecified atom stereocenters. The van der Waals surface area contributed by atoms with E-state index in [1.54, 1.807) is 0 Å². The third-order valence-corrected chi connectivity index (χ3v) is 9.73. The molecule has 83 valence electrons. The minimum atomic E-state index is -0.408. The highest BCUT2D eigenvalue weighted by Gasteiger charge is 2.34. The summed E-state index contributed by atoms with van der Waals surface area (Å²) < 4.78 is 3.26. The van der Waals surface area contributed by atoms with Crippen molar-refractivity contribution in [3.05, 3.63) is 0 Å². The van der Waals surface area contributed by atoms with Crippen LogP contribution in [0.1, 0.15) is 41.5 Å². The van der Waals surface area contributed by atoms with Crippen LogP contribution in [-0.4, -0.2) is 35.1 Å². The second-order valence-electron chi connectivity index (χ2n) is 5.06. The molecule has 0 rings (SSSR count). The average Bonchev–Trinajstić information content (AvgIpc) is 2.02. The predicted octanol–water partition coefficient (Wildman–Crippen LogP) is 3.22. The van der Waals surface area contributed by atoms with Gasteiger partial charge in [0.2, 0.25) is 0 Å². The van der Waals surface area contributed by atoms with Crippen molar-refractivity contribution in [1.82, 2.24) is 4.57 Å². The lowest BCUT2D eigenvalue weighted by Crippen LogP contribution is -2.52. The minimum absolute atomic E-state index is 0.408. The predicted molar refractivity (Wildman–Crippen MR) is 69.4 cm³/mol. The summed E-state index contributed by atoms with van der Waals surface area (Å²) in [4.78, 5) is 0. The highest BCUT2D eigenvalue weighted by atomic mass is 28.3. The number of hydrogen-bond acceptors (Lipinski definition) is 1. The molecule has 0 bridgehead atoms. The van der Waals surface area contributed by atoms with Crippen molar-refractivity contribution in [2.45, 2.75) is 71.4 Å². The summed E-state index contributed by atoms with van der Waals surface area (Å²) in [6.45, 7) is 19.0. The maximum Gasteiger partial charge on any atom is 0.136 e. The van der Waals surface area contributed by atoms with Gasteiger partial charge in [-0.15, -0.1) is 0 Å². The Kier molecular flexibility index (Phi) is 5.62. The molecule has 0 heterocycles. The van der Waals surface area contributed by atoms with E-state index >= 15 is 0 Å². The van der Waals surface area contributed by atoms with Gasteiger partial charge in [0.05, 0.1) is 0 Å². The second kappa shape index (κ2) is 5.47. The molecule has 0 aliphatic heterocycles. The molecule has 0 fully saturated rings. The Balaban J connectivity index is 4.68. The van der Waals surface area contributed by atoms with Crippen molar-refractivity contribution in [2.24, 2.45) is 0 Å². The van der Waals surface area contributed by atoms with Crippen LogP contribution in [-0.2, 0) is 0 Å². The monoisotopic (exact) mass is 228 g/mol. The largest absolute Gasteiger partial charge is 0.320 e. The van der Waals surface area contributed by atoms with E-state index in [9.17, 15) is 0 Å². The SMILES string of the molecule is C[Si]C(C)(C)[Si](C)N(C(C)C)C(C)C. The van der Waals surface area contributed by atoms with Crippen LogP contribution in [0, 0.1) is 0 Å². The van der Waals surface area contributed by atoms with Gasteiger partial charge in [-0.2, -0.15) is 0 Å². The van der Waals surface area contributed by atoms with Crippen LogP contribution in [0.5, 0.6) is 0 Å². The Morgan fingerprint density at radius 3 is 1.64 bits per heavy atom. The van der Waals surface area contributed by atoms with E-state index in [1.807, 2.05) is 0 Å². The smallest absolute Gasteiger partial charge is 0.136 e. The lowest BCUT2D eigenvalue weighted by atomic mass is 10.3. The average molecular weight is 229 g/mol. The molecular formula is C11H26NSi2. The van der Waals surface area contributed by atoms with Gasteiger partial charge in [0.1, 0.15) is 8.96 Å². The maximum absolute atomic E-state index is 2.72. The van der Waals surface area contributed by atoms with Gasteiger partial charge < -0.3 is 4.57 Å². The van der Waals surface area contributed by atoms with E-state index in [-0.39, 0.29) is 0 Å². The molecule has 0 aromatic rings. The fraction of sp³-hybridized carbons (Fsp3) is 1.00. The van der Waals surface area contributed by atoms with Crippen molar-refractivity contribution in [1.29, 1.82) is 0 Å². The lowest BCUT2D eigenvalue weighted by molar-refractivity contribution is 0.298. The van der Waals surface area contributed by atoms with Crippen LogP contribution in [0.4, 0.5) is 0 Å². The molecule has 0 saturated heterocycles. The topological polar surface area (TPSA) is 3.24 Å². The van der Waals surface area contributed by atoms with Gasteiger partial charge >= 0.3 is 0 Å². The molecule has 3 radical (unpaired) electrons. The van der Waals surface area contributed by atoms with E-state index < -0.39 is 8.96 Å². The van der Waals surface area contributed by atoms with Crippen molar-refractivity contribution < 1.29 is 0 Å². The molecule has 0 N–H and O–H groups in total. The second-order valence-corrected chi connectivity index (χ2v) is 10.2. The first-order chi connectivity index (χ1) is 6.24. The maximum atomic E-state index is 2.72. The Labute approximate surface area is 94.8 Å². The zero-order valence-corrected chi connectivity index (χ0v) is 13.1. The molecule has 14 heavy (non-hydrogen) atoms. The summed E-state index contributed by atoms with van der Waals surface area (Å²) >= 11 is 0. The molecule has 0 atom stereocenters. The first-order valence-corrected chi connectivity index (χ1v) is 9.00. The van der Waals surface area contributed by atoms with Crippen LogP contribution >= 0.6 is 0 Å². The molecule has 0 aliphatic carbocycles. The summed E-state index contributed by atoms with van der Waals surface area (Å²) in [5, 5.41) is 0. The highest BCUT2D eigenvalue weighted by molar-refractivity contribution is 6.71. The molecule has 0 amide bonds. The Hall–Kier alpha value is 0.394. The van der Waals surface area contributed by atoms with Crippen molar-refractivity contribution in [2.75, 3.05) is 0 Å². The van der Waals surface area contributed by atoms with Gasteiger partial charge in [-0.05, 0) is 16.7 Å². The fourth-order valence-corrected chi connectivity index (χ4v) is 5.90. The quantitative estimate of drug-likeness (QED) is 0.653. The van der Waals surface area contributed by atoms with Crippen LogP contribution in [0.15, 0.2) is 0 Å². The Morgan fingerprint density at radius 1 is 1.07 bits per heavy atom. The molecule has 0 saturated carbocycles. The van der Waals surface area contributed by atoms with E-state index in [0.29, 0.717) is 16.7 Å². The standard InChI is InChI=1S/C11H26NSi2/c1-9(2)12(10(3)4)14(8)11(5,6)13-7/h9-10H,1-8H3. The van der Waals surface area contributed by atoms with Gasteiger partial charge in [-0.1, -0.05) is 54.6 Å². The Morgan fingerprint density at radius 2 is 1.43 bits per heavy atom. The van der Waals surface area contributed by atoms with Gasteiger partial charge in [0.25, 0.3) is 0 Å². The van der Waals surface area contributed by atoms with Gasteiger partial charge in [-0.3, -0.25) is 0 Å². The molecular weight excluding hydrogens is 202 g/mol. The minimum Gasteiger partial charge on any atom is -0.320 e. The summed E-state index contributed by atoms with van der Waals surface area (Å²) in [7, 11) is 0.638. The highest BCUT2D eigenvalue weighted by Crippen LogP contribution is 2.30. The summed E-state index contributed by atoms with van der Waals surface area (Å²) in [6.07, 6.45) is 0. The van der Waals surface area contributed by atoms with Crippen LogP contribution < -0.4 is 0 Å². The van der Waals surface area contributed by atoms with Crippen LogP contribution in [0.3, 0.4) is 0 Å². The molecule has 0 aromatic carbocycles. The number of rotatable bonds is 5. The zero-order chi connectivity index (χ0) is 11.5.